The molecule has 3 nitrogen and oxygen atoms in total. The molecule has 2 N–H and O–H groups in total. The van der Waals surface area contributed by atoms with E-state index >= 15 is 0 Å². The van der Waals surface area contributed by atoms with Gasteiger partial charge in [0.2, 0.25) is 0 Å². The fourth-order valence-corrected chi connectivity index (χ4v) is 3.19. The highest BCUT2D eigenvalue weighted by Crippen LogP contribution is 2.30. The van der Waals surface area contributed by atoms with Gasteiger partial charge in [-0.15, -0.1) is 11.3 Å². The molecule has 1 atom stereocenters. The van der Waals surface area contributed by atoms with Gasteiger partial charge in [0.05, 0.1) is 0 Å². The third kappa shape index (κ3) is 2.21. The van der Waals surface area contributed by atoms with Crippen LogP contribution in [-0.2, 0) is 24.1 Å². The van der Waals surface area contributed by atoms with Crippen LogP contribution in [0.3, 0.4) is 0 Å². The molecular formula is C11H14O3S. The lowest BCUT2D eigenvalue weighted by molar-refractivity contribution is -0.146. The van der Waals surface area contributed by atoms with Gasteiger partial charge in [-0.1, -0.05) is 0 Å². The Morgan fingerprint density at radius 2 is 2.20 bits per heavy atom. The molecule has 0 aromatic carbocycles. The standard InChI is InChI=1S/C11H14O3S/c12-9(11(13)14)5-7-6-15-10-4-2-1-3-8(7)10/h6,9,12H,1-5H2,(H,13,14). The summed E-state index contributed by atoms with van der Waals surface area (Å²) < 4.78 is 0. The van der Waals surface area contributed by atoms with Crippen molar-refractivity contribution in [3.8, 4) is 0 Å². The number of aliphatic hydroxyl groups is 1. The van der Waals surface area contributed by atoms with E-state index in [0.29, 0.717) is 0 Å². The first-order valence-corrected chi connectivity index (χ1v) is 6.05. The minimum absolute atomic E-state index is 0.251. The van der Waals surface area contributed by atoms with Crippen LogP contribution < -0.4 is 0 Å². The first-order chi connectivity index (χ1) is 7.18. The maximum atomic E-state index is 10.5. The van der Waals surface area contributed by atoms with Crippen LogP contribution in [0.25, 0.3) is 0 Å². The third-order valence-corrected chi connectivity index (χ3v) is 3.98. The topological polar surface area (TPSA) is 57.5 Å². The van der Waals surface area contributed by atoms with Crippen molar-refractivity contribution in [1.82, 2.24) is 0 Å². The summed E-state index contributed by atoms with van der Waals surface area (Å²) >= 11 is 1.70. The maximum Gasteiger partial charge on any atom is 0.332 e. The van der Waals surface area contributed by atoms with Gasteiger partial charge in [0, 0.05) is 11.3 Å². The minimum Gasteiger partial charge on any atom is -0.479 e. The molecule has 4 heteroatoms. The van der Waals surface area contributed by atoms with E-state index in [-0.39, 0.29) is 6.42 Å². The Hall–Kier alpha value is -0.870. The van der Waals surface area contributed by atoms with Gasteiger partial charge in [0.1, 0.15) is 0 Å². The van der Waals surface area contributed by atoms with Crippen LogP contribution in [0, 0.1) is 0 Å². The molecule has 1 aromatic rings. The molecule has 0 aliphatic heterocycles. The van der Waals surface area contributed by atoms with Gasteiger partial charge in [-0.2, -0.15) is 0 Å². The van der Waals surface area contributed by atoms with Gasteiger partial charge < -0.3 is 10.2 Å². The SMILES string of the molecule is O=C(O)C(O)Cc1csc2c1CCCC2. The van der Waals surface area contributed by atoms with E-state index in [1.165, 1.54) is 23.3 Å². The highest BCUT2D eigenvalue weighted by atomic mass is 32.1. The Morgan fingerprint density at radius 1 is 1.47 bits per heavy atom. The largest absolute Gasteiger partial charge is 0.479 e. The lowest BCUT2D eigenvalue weighted by Crippen LogP contribution is -2.22. The van der Waals surface area contributed by atoms with Crippen LogP contribution >= 0.6 is 11.3 Å². The highest BCUT2D eigenvalue weighted by Gasteiger charge is 2.20. The lowest BCUT2D eigenvalue weighted by Gasteiger charge is -2.13. The Labute approximate surface area is 92.4 Å². The number of aliphatic carboxylic acids is 1. The zero-order valence-electron chi connectivity index (χ0n) is 8.40. The van der Waals surface area contributed by atoms with Crippen LogP contribution in [0.1, 0.15) is 28.8 Å². The number of rotatable bonds is 3. The van der Waals surface area contributed by atoms with Crippen molar-refractivity contribution >= 4 is 17.3 Å². The van der Waals surface area contributed by atoms with Crippen molar-refractivity contribution in [2.75, 3.05) is 0 Å². The molecule has 15 heavy (non-hydrogen) atoms. The van der Waals surface area contributed by atoms with Gasteiger partial charge in [0.15, 0.2) is 6.10 Å². The van der Waals surface area contributed by atoms with Crippen molar-refractivity contribution < 1.29 is 15.0 Å². The summed E-state index contributed by atoms with van der Waals surface area (Å²) in [4.78, 5) is 11.9. The summed E-state index contributed by atoms with van der Waals surface area (Å²) in [5.74, 6) is -1.13. The van der Waals surface area contributed by atoms with E-state index in [1.54, 1.807) is 11.3 Å². The predicted octanol–water partition coefficient (Wildman–Crippen LogP) is 1.61. The molecule has 0 amide bonds. The number of carboxylic acids is 1. The molecule has 1 aliphatic carbocycles. The number of thiophene rings is 1. The number of aryl methyl sites for hydroxylation is 1. The normalized spacial score (nSPS) is 17.1. The predicted molar refractivity (Wildman–Crippen MR) is 58.3 cm³/mol. The second kappa shape index (κ2) is 4.33. The van der Waals surface area contributed by atoms with Crippen molar-refractivity contribution in [2.45, 2.75) is 38.2 Å². The summed E-state index contributed by atoms with van der Waals surface area (Å²) in [6.07, 6.45) is 3.56. The van der Waals surface area contributed by atoms with Gasteiger partial charge in [-0.25, -0.2) is 4.79 Å². The molecular weight excluding hydrogens is 212 g/mol. The van der Waals surface area contributed by atoms with Crippen LogP contribution in [0.2, 0.25) is 0 Å². The quantitative estimate of drug-likeness (QED) is 0.823. The van der Waals surface area contributed by atoms with Crippen molar-refractivity contribution in [1.29, 1.82) is 0 Å². The Morgan fingerprint density at radius 3 is 2.93 bits per heavy atom. The first-order valence-electron chi connectivity index (χ1n) is 5.17. The summed E-state index contributed by atoms with van der Waals surface area (Å²) in [5.41, 5.74) is 2.33. The Bertz CT molecular complexity index is 370. The molecule has 1 aromatic heterocycles. The molecule has 0 saturated carbocycles. The zero-order valence-corrected chi connectivity index (χ0v) is 9.22. The van der Waals surface area contributed by atoms with Crippen LogP contribution in [-0.4, -0.2) is 22.3 Å². The van der Waals surface area contributed by atoms with Crippen LogP contribution in [0.4, 0.5) is 0 Å². The molecule has 0 fully saturated rings. The van der Waals surface area contributed by atoms with E-state index in [9.17, 15) is 9.90 Å². The molecule has 82 valence electrons. The van der Waals surface area contributed by atoms with E-state index in [4.69, 9.17) is 5.11 Å². The van der Waals surface area contributed by atoms with E-state index < -0.39 is 12.1 Å². The average molecular weight is 226 g/mol. The smallest absolute Gasteiger partial charge is 0.332 e. The summed E-state index contributed by atoms with van der Waals surface area (Å²) in [7, 11) is 0. The average Bonchev–Trinajstić information content (AvgIpc) is 2.62. The molecule has 2 rings (SSSR count). The second-order valence-corrected chi connectivity index (χ2v) is 4.89. The van der Waals surface area contributed by atoms with E-state index in [0.717, 1.165) is 18.4 Å². The number of hydrogen-bond acceptors (Lipinski definition) is 3. The first kappa shape index (κ1) is 10.6. The van der Waals surface area contributed by atoms with Crippen LogP contribution in [0.5, 0.6) is 0 Å². The number of carbonyl (C=O) groups is 1. The Kier molecular flexibility index (Phi) is 3.07. The lowest BCUT2D eigenvalue weighted by atomic mass is 9.94. The van der Waals surface area contributed by atoms with E-state index in [1.807, 2.05) is 5.38 Å². The number of fused-ring (bicyclic) bond motifs is 1. The van der Waals surface area contributed by atoms with Gasteiger partial charge >= 0.3 is 5.97 Å². The molecule has 0 bridgehead atoms. The maximum absolute atomic E-state index is 10.5. The summed E-state index contributed by atoms with van der Waals surface area (Å²) in [6.45, 7) is 0. The highest BCUT2D eigenvalue weighted by molar-refractivity contribution is 7.10. The number of aliphatic hydroxyl groups excluding tert-OH is 1. The van der Waals surface area contributed by atoms with Gasteiger partial charge in [-0.05, 0) is 42.2 Å². The van der Waals surface area contributed by atoms with Crippen molar-refractivity contribution in [3.63, 3.8) is 0 Å². The molecule has 1 aliphatic rings. The number of carboxylic acid groups (broad SMARTS) is 1. The van der Waals surface area contributed by atoms with E-state index in [2.05, 4.69) is 0 Å². The van der Waals surface area contributed by atoms with Gasteiger partial charge in [0.25, 0.3) is 0 Å². The molecule has 0 spiro atoms. The summed E-state index contributed by atoms with van der Waals surface area (Å²) in [6, 6.07) is 0. The second-order valence-electron chi connectivity index (χ2n) is 3.93. The molecule has 1 heterocycles. The zero-order chi connectivity index (χ0) is 10.8. The fraction of sp³-hybridized carbons (Fsp3) is 0.545. The summed E-state index contributed by atoms with van der Waals surface area (Å²) in [5, 5.41) is 19.9. The molecule has 0 radical (unpaired) electrons. The fourth-order valence-electron chi connectivity index (χ4n) is 2.03. The molecule has 1 unspecified atom stereocenters. The third-order valence-electron chi connectivity index (χ3n) is 2.85. The monoisotopic (exact) mass is 226 g/mol. The number of hydrogen-bond donors (Lipinski definition) is 2. The van der Waals surface area contributed by atoms with Gasteiger partial charge in [-0.3, -0.25) is 0 Å². The minimum atomic E-state index is -1.26. The molecule has 0 saturated heterocycles. The van der Waals surface area contributed by atoms with Crippen molar-refractivity contribution in [2.24, 2.45) is 0 Å². The van der Waals surface area contributed by atoms with Crippen molar-refractivity contribution in [3.05, 3.63) is 21.4 Å². The van der Waals surface area contributed by atoms with Crippen LogP contribution in [0.15, 0.2) is 5.38 Å². The Balaban J connectivity index is 2.15.